The molecule has 2 atom stereocenters. The van der Waals surface area contributed by atoms with Gasteiger partial charge in [0.1, 0.15) is 0 Å². The molecule has 1 N–H and O–H groups in total. The molecule has 1 saturated heterocycles. The third-order valence-electron chi connectivity index (χ3n) is 5.33. The zero-order valence-electron chi connectivity index (χ0n) is 15.9. The predicted octanol–water partition coefficient (Wildman–Crippen LogP) is 1.90. The number of nitrogens with one attached hydrogen (secondary N) is 1. The van der Waals surface area contributed by atoms with E-state index in [4.69, 9.17) is 0 Å². The molecule has 0 aromatic heterocycles. The van der Waals surface area contributed by atoms with Gasteiger partial charge in [-0.1, -0.05) is 25.5 Å². The van der Waals surface area contributed by atoms with Gasteiger partial charge in [0.25, 0.3) is 0 Å². The van der Waals surface area contributed by atoms with Crippen molar-refractivity contribution in [2.75, 3.05) is 39.3 Å². The van der Waals surface area contributed by atoms with Gasteiger partial charge in [-0.2, -0.15) is 0 Å². The van der Waals surface area contributed by atoms with Crippen molar-refractivity contribution in [2.24, 2.45) is 17.3 Å². The number of rotatable bonds is 5. The fourth-order valence-corrected chi connectivity index (χ4v) is 3.82. The van der Waals surface area contributed by atoms with E-state index in [1.54, 1.807) is 0 Å². The second-order valence-corrected chi connectivity index (χ2v) is 7.98. The Bertz CT molecular complexity index is 509. The summed E-state index contributed by atoms with van der Waals surface area (Å²) in [6, 6.07) is 0. The lowest BCUT2D eigenvalue weighted by Crippen LogP contribution is -2.40. The molecule has 5 nitrogen and oxygen atoms in total. The molecular formula is C19H33N3O2. The van der Waals surface area contributed by atoms with Gasteiger partial charge in [0.2, 0.25) is 11.8 Å². The third kappa shape index (κ3) is 4.38. The molecule has 136 valence electrons. The Morgan fingerprint density at radius 3 is 2.50 bits per heavy atom. The van der Waals surface area contributed by atoms with E-state index >= 15 is 0 Å². The molecule has 1 aliphatic heterocycles. The smallest absolute Gasteiger partial charge is 0.234 e. The first kappa shape index (κ1) is 19.0. The number of amides is 2. The summed E-state index contributed by atoms with van der Waals surface area (Å²) in [6.45, 7) is 14.8. The van der Waals surface area contributed by atoms with Gasteiger partial charge in [-0.05, 0) is 38.5 Å². The summed E-state index contributed by atoms with van der Waals surface area (Å²) in [4.78, 5) is 28.9. The summed E-state index contributed by atoms with van der Waals surface area (Å²) < 4.78 is 0. The average molecular weight is 335 g/mol. The van der Waals surface area contributed by atoms with Crippen molar-refractivity contribution in [3.05, 3.63) is 11.6 Å². The van der Waals surface area contributed by atoms with Crippen molar-refractivity contribution in [3.8, 4) is 0 Å². The van der Waals surface area contributed by atoms with E-state index in [1.165, 1.54) is 5.57 Å². The molecule has 0 spiro atoms. The van der Waals surface area contributed by atoms with Crippen LogP contribution in [0.15, 0.2) is 11.6 Å². The SMILES string of the molecule is CCNC(=O)CN1CCCN(C(=O)[C@@H]2[C@H](C=C(C)C)C2(C)C)CC1. The van der Waals surface area contributed by atoms with E-state index in [0.29, 0.717) is 24.9 Å². The van der Waals surface area contributed by atoms with Gasteiger partial charge >= 0.3 is 0 Å². The Morgan fingerprint density at radius 1 is 1.17 bits per heavy atom. The van der Waals surface area contributed by atoms with E-state index < -0.39 is 0 Å². The van der Waals surface area contributed by atoms with Crippen molar-refractivity contribution in [2.45, 2.75) is 41.0 Å². The number of hydrogen-bond acceptors (Lipinski definition) is 3. The first-order valence-corrected chi connectivity index (χ1v) is 9.20. The molecule has 24 heavy (non-hydrogen) atoms. The van der Waals surface area contributed by atoms with Crippen LogP contribution < -0.4 is 5.32 Å². The van der Waals surface area contributed by atoms with Crippen LogP contribution in [0.2, 0.25) is 0 Å². The molecule has 2 fully saturated rings. The van der Waals surface area contributed by atoms with Crippen molar-refractivity contribution in [3.63, 3.8) is 0 Å². The van der Waals surface area contributed by atoms with Gasteiger partial charge < -0.3 is 10.2 Å². The quantitative estimate of drug-likeness (QED) is 0.781. The zero-order chi connectivity index (χ0) is 17.9. The minimum Gasteiger partial charge on any atom is -0.355 e. The van der Waals surface area contributed by atoms with Crippen molar-refractivity contribution < 1.29 is 9.59 Å². The number of nitrogens with zero attached hydrogens (tertiary/aromatic N) is 2. The summed E-state index contributed by atoms with van der Waals surface area (Å²) in [5.74, 6) is 0.846. The van der Waals surface area contributed by atoms with Crippen LogP contribution in [0.25, 0.3) is 0 Å². The lowest BCUT2D eigenvalue weighted by atomic mass is 10.1. The molecule has 1 saturated carbocycles. The maximum absolute atomic E-state index is 13.0. The van der Waals surface area contributed by atoms with Gasteiger partial charge in [-0.25, -0.2) is 0 Å². The molecule has 0 aromatic rings. The molecule has 0 radical (unpaired) electrons. The monoisotopic (exact) mass is 335 g/mol. The van der Waals surface area contributed by atoms with Crippen molar-refractivity contribution in [1.82, 2.24) is 15.1 Å². The van der Waals surface area contributed by atoms with Gasteiger partial charge in [-0.15, -0.1) is 0 Å². The summed E-state index contributed by atoms with van der Waals surface area (Å²) in [7, 11) is 0. The largest absolute Gasteiger partial charge is 0.355 e. The van der Waals surface area contributed by atoms with Crippen LogP contribution in [-0.4, -0.2) is 60.9 Å². The molecule has 0 bridgehead atoms. The Balaban J connectivity index is 1.91. The number of allylic oxidation sites excluding steroid dienone is 2. The maximum Gasteiger partial charge on any atom is 0.234 e. The molecule has 1 aliphatic carbocycles. The van der Waals surface area contributed by atoms with E-state index in [-0.39, 0.29) is 17.2 Å². The second-order valence-electron chi connectivity index (χ2n) is 7.98. The van der Waals surface area contributed by atoms with Crippen LogP contribution >= 0.6 is 0 Å². The number of hydrogen-bond donors (Lipinski definition) is 1. The minimum atomic E-state index is 0.0708. The average Bonchev–Trinajstić information content (AvgIpc) is 3.09. The van der Waals surface area contributed by atoms with Crippen molar-refractivity contribution in [1.29, 1.82) is 0 Å². The summed E-state index contributed by atoms with van der Waals surface area (Å²) in [6.07, 6.45) is 3.19. The first-order valence-electron chi connectivity index (χ1n) is 9.20. The highest BCUT2D eigenvalue weighted by Gasteiger charge is 2.61. The highest BCUT2D eigenvalue weighted by molar-refractivity contribution is 5.84. The van der Waals surface area contributed by atoms with Gasteiger partial charge in [0.15, 0.2) is 0 Å². The van der Waals surface area contributed by atoms with Crippen molar-refractivity contribution >= 4 is 11.8 Å². The highest BCUT2D eigenvalue weighted by atomic mass is 16.2. The molecular weight excluding hydrogens is 302 g/mol. The Kier molecular flexibility index (Phi) is 6.07. The third-order valence-corrected chi connectivity index (χ3v) is 5.33. The normalized spacial score (nSPS) is 26.5. The molecule has 0 aromatic carbocycles. The van der Waals surface area contributed by atoms with Gasteiger partial charge in [0.05, 0.1) is 12.5 Å². The van der Waals surface area contributed by atoms with Crippen LogP contribution in [0.5, 0.6) is 0 Å². The number of likely N-dealkylation sites (N-methyl/N-ethyl adjacent to an activating group) is 1. The summed E-state index contributed by atoms with van der Waals surface area (Å²) >= 11 is 0. The van der Waals surface area contributed by atoms with E-state index in [1.807, 2.05) is 11.8 Å². The Hall–Kier alpha value is -1.36. The Morgan fingerprint density at radius 2 is 1.88 bits per heavy atom. The molecule has 2 aliphatic rings. The standard InChI is InChI=1S/C19H33N3O2/c1-6-20-16(23)13-21-8-7-9-22(11-10-21)18(24)17-15(12-14(2)3)19(17,4)5/h12,15,17H,6-11,13H2,1-5H3,(H,20,23)/t15-,17-/m0/s1. The predicted molar refractivity (Wildman–Crippen MR) is 96.5 cm³/mol. The summed E-state index contributed by atoms with van der Waals surface area (Å²) in [5.41, 5.74) is 1.36. The van der Waals surface area contributed by atoms with E-state index in [2.05, 4.69) is 44.0 Å². The van der Waals surface area contributed by atoms with Crippen LogP contribution in [-0.2, 0) is 9.59 Å². The van der Waals surface area contributed by atoms with E-state index in [9.17, 15) is 9.59 Å². The second kappa shape index (κ2) is 7.68. The topological polar surface area (TPSA) is 52.7 Å². The molecule has 0 unspecified atom stereocenters. The molecule has 1 heterocycles. The lowest BCUT2D eigenvalue weighted by Gasteiger charge is -2.22. The lowest BCUT2D eigenvalue weighted by molar-refractivity contribution is -0.133. The first-order chi connectivity index (χ1) is 11.3. The maximum atomic E-state index is 13.0. The summed E-state index contributed by atoms with van der Waals surface area (Å²) in [5, 5.41) is 2.84. The Labute approximate surface area is 146 Å². The molecule has 2 rings (SSSR count). The zero-order valence-corrected chi connectivity index (χ0v) is 15.9. The van der Waals surface area contributed by atoms with Gasteiger partial charge in [0, 0.05) is 32.7 Å². The van der Waals surface area contributed by atoms with Crippen LogP contribution in [0.4, 0.5) is 0 Å². The fourth-order valence-electron chi connectivity index (χ4n) is 3.82. The highest BCUT2D eigenvalue weighted by Crippen LogP contribution is 2.60. The van der Waals surface area contributed by atoms with Crippen LogP contribution in [0.1, 0.15) is 41.0 Å². The molecule has 2 amide bonds. The van der Waals surface area contributed by atoms with Gasteiger partial charge in [-0.3, -0.25) is 14.5 Å². The molecule has 5 heteroatoms. The van der Waals surface area contributed by atoms with E-state index in [0.717, 1.165) is 32.6 Å². The van der Waals surface area contributed by atoms with Crippen LogP contribution in [0.3, 0.4) is 0 Å². The minimum absolute atomic E-state index is 0.0708. The number of carbonyl (C=O) groups excluding carboxylic acids is 2. The fraction of sp³-hybridized carbons (Fsp3) is 0.789. The van der Waals surface area contributed by atoms with Crippen LogP contribution in [0, 0.1) is 17.3 Å². The number of carbonyl (C=O) groups is 2.